The summed E-state index contributed by atoms with van der Waals surface area (Å²) in [6.45, 7) is 1.88. The number of carbonyl (C=O) groups is 1. The van der Waals surface area contributed by atoms with Crippen LogP contribution in [-0.2, 0) is 11.0 Å². The largest absolute Gasteiger partial charge is 0.417 e. The Labute approximate surface area is 130 Å². The maximum absolute atomic E-state index is 12.5. The normalized spacial score (nSPS) is 18.3. The molecule has 0 aromatic carbocycles. The number of nitrogens with zero attached hydrogens (tertiary/aromatic N) is 1. The van der Waals surface area contributed by atoms with Crippen LogP contribution in [0.5, 0.6) is 0 Å². The van der Waals surface area contributed by atoms with E-state index in [1.165, 1.54) is 0 Å². The van der Waals surface area contributed by atoms with Gasteiger partial charge < -0.3 is 16.0 Å². The Morgan fingerprint density at radius 3 is 2.86 bits per heavy atom. The molecule has 122 valence electrons. The zero-order valence-electron chi connectivity index (χ0n) is 11.6. The van der Waals surface area contributed by atoms with Gasteiger partial charge in [0.2, 0.25) is 5.91 Å². The van der Waals surface area contributed by atoms with Gasteiger partial charge in [0, 0.05) is 31.7 Å². The lowest BCUT2D eigenvalue weighted by Gasteiger charge is -2.13. The van der Waals surface area contributed by atoms with Crippen LogP contribution in [0.15, 0.2) is 12.3 Å². The summed E-state index contributed by atoms with van der Waals surface area (Å²) in [6, 6.07) is 0.946. The third kappa shape index (κ3) is 4.74. The fourth-order valence-corrected chi connectivity index (χ4v) is 2.33. The summed E-state index contributed by atoms with van der Waals surface area (Å²) in [5, 5.41) is 8.63. The van der Waals surface area contributed by atoms with Crippen LogP contribution in [0.4, 0.5) is 19.0 Å². The molecule has 0 radical (unpaired) electrons. The quantitative estimate of drug-likeness (QED) is 0.770. The van der Waals surface area contributed by atoms with Crippen LogP contribution in [0.25, 0.3) is 0 Å². The van der Waals surface area contributed by atoms with Gasteiger partial charge in [-0.05, 0) is 19.0 Å². The zero-order chi connectivity index (χ0) is 16.2. The van der Waals surface area contributed by atoms with Crippen molar-refractivity contribution in [1.29, 1.82) is 0 Å². The minimum absolute atomic E-state index is 0.121. The van der Waals surface area contributed by atoms with E-state index in [1.807, 2.05) is 0 Å². The molecule has 1 aromatic rings. The second kappa shape index (κ2) is 7.15. The van der Waals surface area contributed by atoms with E-state index in [4.69, 9.17) is 11.6 Å². The third-order valence-corrected chi connectivity index (χ3v) is 3.53. The van der Waals surface area contributed by atoms with Crippen molar-refractivity contribution in [3.8, 4) is 0 Å². The van der Waals surface area contributed by atoms with Gasteiger partial charge in [0.15, 0.2) is 0 Å². The predicted molar refractivity (Wildman–Crippen MR) is 76.8 cm³/mol. The topological polar surface area (TPSA) is 66.0 Å². The zero-order valence-corrected chi connectivity index (χ0v) is 12.4. The van der Waals surface area contributed by atoms with Crippen LogP contribution in [-0.4, -0.2) is 36.6 Å². The van der Waals surface area contributed by atoms with Gasteiger partial charge in [-0.3, -0.25) is 4.79 Å². The number of hydrogen-bond donors (Lipinski definition) is 3. The van der Waals surface area contributed by atoms with Gasteiger partial charge in [-0.1, -0.05) is 11.6 Å². The number of halogens is 4. The molecule has 3 N–H and O–H groups in total. The van der Waals surface area contributed by atoms with Gasteiger partial charge in [0.1, 0.15) is 5.82 Å². The van der Waals surface area contributed by atoms with Gasteiger partial charge in [-0.2, -0.15) is 13.2 Å². The summed E-state index contributed by atoms with van der Waals surface area (Å²) in [5.74, 6) is 0.00855. The third-order valence-electron chi connectivity index (χ3n) is 3.24. The van der Waals surface area contributed by atoms with Crippen molar-refractivity contribution in [3.05, 3.63) is 22.8 Å². The van der Waals surface area contributed by atoms with Crippen LogP contribution in [0.2, 0.25) is 5.02 Å². The van der Waals surface area contributed by atoms with E-state index in [-0.39, 0.29) is 35.8 Å². The molecule has 0 bridgehead atoms. The maximum atomic E-state index is 12.5. The number of anilines is 1. The molecule has 1 aliphatic heterocycles. The number of hydrogen-bond acceptors (Lipinski definition) is 4. The number of aromatic nitrogens is 1. The van der Waals surface area contributed by atoms with Crippen molar-refractivity contribution in [1.82, 2.24) is 15.6 Å². The molecule has 0 aliphatic carbocycles. The smallest absolute Gasteiger partial charge is 0.368 e. The highest BCUT2D eigenvalue weighted by molar-refractivity contribution is 6.32. The van der Waals surface area contributed by atoms with Crippen molar-refractivity contribution in [3.63, 3.8) is 0 Å². The number of amides is 1. The van der Waals surface area contributed by atoms with E-state index >= 15 is 0 Å². The highest BCUT2D eigenvalue weighted by Gasteiger charge is 2.31. The molecule has 1 aromatic heterocycles. The Bertz CT molecular complexity index is 533. The van der Waals surface area contributed by atoms with E-state index in [0.717, 1.165) is 25.6 Å². The first-order valence-corrected chi connectivity index (χ1v) is 7.21. The summed E-state index contributed by atoms with van der Waals surface area (Å²) in [7, 11) is 0. The molecular formula is C13H16ClF3N4O. The van der Waals surface area contributed by atoms with Gasteiger partial charge in [-0.25, -0.2) is 4.98 Å². The van der Waals surface area contributed by atoms with Crippen LogP contribution in [0.3, 0.4) is 0 Å². The van der Waals surface area contributed by atoms with E-state index in [0.29, 0.717) is 6.20 Å². The molecule has 1 aliphatic rings. The summed E-state index contributed by atoms with van der Waals surface area (Å²) < 4.78 is 37.4. The lowest BCUT2D eigenvalue weighted by Crippen LogP contribution is -2.36. The average Bonchev–Trinajstić information content (AvgIpc) is 2.92. The van der Waals surface area contributed by atoms with Crippen LogP contribution < -0.4 is 16.0 Å². The Kier molecular flexibility index (Phi) is 5.47. The summed E-state index contributed by atoms with van der Waals surface area (Å²) >= 11 is 5.75. The van der Waals surface area contributed by atoms with Crippen LogP contribution >= 0.6 is 11.6 Å². The Morgan fingerprint density at radius 2 is 2.27 bits per heavy atom. The molecule has 0 saturated carbocycles. The van der Waals surface area contributed by atoms with E-state index in [9.17, 15) is 18.0 Å². The highest BCUT2D eigenvalue weighted by Crippen LogP contribution is 2.32. The Hall–Kier alpha value is -1.54. The molecule has 1 saturated heterocycles. The van der Waals surface area contributed by atoms with Crippen molar-refractivity contribution in [2.45, 2.75) is 25.1 Å². The predicted octanol–water partition coefficient (Wildman–Crippen LogP) is 2.03. The molecule has 1 unspecified atom stereocenters. The molecule has 1 amide bonds. The molecular weight excluding hydrogens is 321 g/mol. The highest BCUT2D eigenvalue weighted by atomic mass is 35.5. The van der Waals surface area contributed by atoms with Crippen LogP contribution in [0.1, 0.15) is 18.4 Å². The molecule has 9 heteroatoms. The Balaban J connectivity index is 1.80. The number of nitrogens with one attached hydrogen (secondary N) is 3. The van der Waals surface area contributed by atoms with E-state index < -0.39 is 11.7 Å². The first kappa shape index (κ1) is 16.8. The summed E-state index contributed by atoms with van der Waals surface area (Å²) in [4.78, 5) is 15.3. The molecule has 1 atom stereocenters. The van der Waals surface area contributed by atoms with Gasteiger partial charge in [-0.15, -0.1) is 0 Å². The van der Waals surface area contributed by atoms with Crippen LogP contribution in [0, 0.1) is 0 Å². The molecule has 0 spiro atoms. The number of pyridine rings is 1. The standard InChI is InChI=1S/C13H16ClF3N4O/c14-10-5-8(13(15,16)17)6-20-12(10)19-4-2-11(22)21-9-1-3-18-7-9/h5-6,9,18H,1-4,7H2,(H,19,20)(H,21,22). The van der Waals surface area contributed by atoms with Crippen molar-refractivity contribution in [2.75, 3.05) is 25.0 Å². The summed E-state index contributed by atoms with van der Waals surface area (Å²) in [6.07, 6.45) is -2.69. The minimum atomic E-state index is -4.48. The minimum Gasteiger partial charge on any atom is -0.368 e. The van der Waals surface area contributed by atoms with E-state index in [2.05, 4.69) is 20.9 Å². The first-order chi connectivity index (χ1) is 10.4. The first-order valence-electron chi connectivity index (χ1n) is 6.83. The van der Waals surface area contributed by atoms with Gasteiger partial charge in [0.25, 0.3) is 0 Å². The maximum Gasteiger partial charge on any atom is 0.417 e. The van der Waals surface area contributed by atoms with E-state index in [1.54, 1.807) is 0 Å². The second-order valence-electron chi connectivity index (χ2n) is 4.99. The monoisotopic (exact) mass is 336 g/mol. The SMILES string of the molecule is O=C(CCNc1ncc(C(F)(F)F)cc1Cl)NC1CCNC1. The fourth-order valence-electron chi connectivity index (χ4n) is 2.10. The van der Waals surface area contributed by atoms with Crippen molar-refractivity contribution < 1.29 is 18.0 Å². The lowest BCUT2D eigenvalue weighted by atomic mass is 10.2. The molecule has 2 rings (SSSR count). The average molecular weight is 337 g/mol. The second-order valence-corrected chi connectivity index (χ2v) is 5.39. The number of carbonyl (C=O) groups excluding carboxylic acids is 1. The summed E-state index contributed by atoms with van der Waals surface area (Å²) in [5.41, 5.74) is -0.908. The fraction of sp³-hybridized carbons (Fsp3) is 0.538. The van der Waals surface area contributed by atoms with Crippen molar-refractivity contribution >= 4 is 23.3 Å². The number of alkyl halides is 3. The molecule has 1 fully saturated rings. The van der Waals surface area contributed by atoms with Gasteiger partial charge in [0.05, 0.1) is 10.6 Å². The van der Waals surface area contributed by atoms with Crippen molar-refractivity contribution in [2.24, 2.45) is 0 Å². The van der Waals surface area contributed by atoms with Gasteiger partial charge >= 0.3 is 6.18 Å². The number of rotatable bonds is 5. The Morgan fingerprint density at radius 1 is 1.50 bits per heavy atom. The molecule has 22 heavy (non-hydrogen) atoms. The molecule has 2 heterocycles. The lowest BCUT2D eigenvalue weighted by molar-refractivity contribution is -0.137. The molecule has 5 nitrogen and oxygen atoms in total.